The Balaban J connectivity index is 2.52. The Bertz CT molecular complexity index is 318. The summed E-state index contributed by atoms with van der Waals surface area (Å²) >= 11 is 0. The number of likely N-dealkylation sites (tertiary alicyclic amines) is 1. The van der Waals surface area contributed by atoms with Crippen LogP contribution in [0.25, 0.3) is 0 Å². The molecule has 20 heavy (non-hydrogen) atoms. The Morgan fingerprint density at radius 3 is 2.70 bits per heavy atom. The van der Waals surface area contributed by atoms with Gasteiger partial charge < -0.3 is 20.2 Å². The first-order valence-electron chi connectivity index (χ1n) is 7.57. The fourth-order valence-corrected chi connectivity index (χ4v) is 2.82. The molecule has 1 saturated heterocycles. The van der Waals surface area contributed by atoms with Gasteiger partial charge in [-0.2, -0.15) is 0 Å². The molecular formula is C15H31N3O2. The minimum atomic E-state index is 0.00230. The highest BCUT2D eigenvalue weighted by molar-refractivity contribution is 5.74. The molecule has 1 heterocycles. The van der Waals surface area contributed by atoms with Crippen molar-refractivity contribution in [1.82, 2.24) is 15.1 Å². The van der Waals surface area contributed by atoms with E-state index in [2.05, 4.69) is 31.0 Å². The maximum atomic E-state index is 12.3. The van der Waals surface area contributed by atoms with E-state index in [-0.39, 0.29) is 30.0 Å². The summed E-state index contributed by atoms with van der Waals surface area (Å²) < 4.78 is 0. The summed E-state index contributed by atoms with van der Waals surface area (Å²) in [7, 11) is 4.10. The van der Waals surface area contributed by atoms with Gasteiger partial charge in [0.25, 0.3) is 0 Å². The fourth-order valence-electron chi connectivity index (χ4n) is 2.82. The van der Waals surface area contributed by atoms with E-state index in [0.29, 0.717) is 6.54 Å². The molecule has 0 aromatic heterocycles. The molecule has 0 bridgehead atoms. The van der Waals surface area contributed by atoms with Crippen LogP contribution in [0.2, 0.25) is 0 Å². The molecular weight excluding hydrogens is 254 g/mol. The Labute approximate surface area is 123 Å². The highest BCUT2D eigenvalue weighted by Gasteiger charge is 2.30. The van der Waals surface area contributed by atoms with Crippen molar-refractivity contribution in [2.45, 2.75) is 39.7 Å². The molecule has 0 aliphatic carbocycles. The first kappa shape index (κ1) is 17.2. The van der Waals surface area contributed by atoms with E-state index in [1.807, 2.05) is 19.0 Å². The lowest BCUT2D eigenvalue weighted by atomic mass is 9.85. The number of hydrogen-bond donors (Lipinski definition) is 2. The van der Waals surface area contributed by atoms with E-state index >= 15 is 0 Å². The predicted molar refractivity (Wildman–Crippen MR) is 81.7 cm³/mol. The lowest BCUT2D eigenvalue weighted by molar-refractivity contribution is 0.120. The van der Waals surface area contributed by atoms with Gasteiger partial charge in [0, 0.05) is 32.3 Å². The van der Waals surface area contributed by atoms with Crippen molar-refractivity contribution in [2.24, 2.45) is 11.3 Å². The quantitative estimate of drug-likeness (QED) is 0.802. The molecule has 1 aliphatic rings. The van der Waals surface area contributed by atoms with Crippen molar-refractivity contribution in [3.63, 3.8) is 0 Å². The van der Waals surface area contributed by atoms with E-state index in [1.54, 1.807) is 0 Å². The Kier molecular flexibility index (Phi) is 6.27. The monoisotopic (exact) mass is 285 g/mol. The first-order chi connectivity index (χ1) is 9.26. The van der Waals surface area contributed by atoms with Gasteiger partial charge in [-0.05, 0) is 45.2 Å². The molecule has 0 aromatic carbocycles. The number of hydrogen-bond acceptors (Lipinski definition) is 3. The highest BCUT2D eigenvalue weighted by atomic mass is 16.3. The highest BCUT2D eigenvalue weighted by Crippen LogP contribution is 2.22. The molecule has 0 saturated carbocycles. The van der Waals surface area contributed by atoms with E-state index in [9.17, 15) is 9.90 Å². The fraction of sp³-hybridized carbons (Fsp3) is 0.933. The minimum absolute atomic E-state index is 0.00230. The van der Waals surface area contributed by atoms with Crippen molar-refractivity contribution < 1.29 is 9.90 Å². The number of rotatable bonds is 5. The Hall–Kier alpha value is -0.810. The molecule has 5 heteroatoms. The summed E-state index contributed by atoms with van der Waals surface area (Å²) in [5, 5.41) is 12.4. The van der Waals surface area contributed by atoms with E-state index < -0.39 is 0 Å². The van der Waals surface area contributed by atoms with Crippen LogP contribution in [0.5, 0.6) is 0 Å². The molecule has 2 N–H and O–H groups in total. The molecule has 0 spiro atoms. The van der Waals surface area contributed by atoms with E-state index in [1.165, 1.54) is 0 Å². The number of piperidine rings is 1. The largest absolute Gasteiger partial charge is 0.396 e. The lowest BCUT2D eigenvalue weighted by Crippen LogP contribution is -2.53. The van der Waals surface area contributed by atoms with Crippen LogP contribution in [0, 0.1) is 11.3 Å². The standard InChI is InChI=1S/C15H31N3O2/c1-12(15(2,3)11-17(4)5)16-14(20)18-8-6-7-13(9-18)10-19/h12-13,19H,6-11H2,1-5H3,(H,16,20)/t12-,13+/m1/s1. The van der Waals surface area contributed by atoms with Crippen LogP contribution in [0.1, 0.15) is 33.6 Å². The van der Waals surface area contributed by atoms with E-state index in [4.69, 9.17) is 0 Å². The number of aliphatic hydroxyl groups excluding tert-OH is 1. The second-order valence-corrected chi connectivity index (χ2v) is 7.03. The van der Waals surface area contributed by atoms with Crippen LogP contribution < -0.4 is 5.32 Å². The van der Waals surface area contributed by atoms with Gasteiger partial charge in [0.2, 0.25) is 0 Å². The van der Waals surface area contributed by atoms with Gasteiger partial charge in [-0.25, -0.2) is 4.79 Å². The van der Waals surface area contributed by atoms with Crippen LogP contribution in [0.15, 0.2) is 0 Å². The summed E-state index contributed by atoms with van der Waals surface area (Å²) in [6, 6.07) is 0.106. The van der Waals surface area contributed by atoms with Gasteiger partial charge in [-0.15, -0.1) is 0 Å². The van der Waals surface area contributed by atoms with Gasteiger partial charge in [-0.3, -0.25) is 0 Å². The van der Waals surface area contributed by atoms with Gasteiger partial charge in [-0.1, -0.05) is 13.8 Å². The maximum absolute atomic E-state index is 12.3. The summed E-state index contributed by atoms with van der Waals surface area (Å²) in [5.41, 5.74) is 0.0192. The third kappa shape index (κ3) is 4.94. The second-order valence-electron chi connectivity index (χ2n) is 7.03. The van der Waals surface area contributed by atoms with Gasteiger partial charge in [0.15, 0.2) is 0 Å². The molecule has 1 rings (SSSR count). The Morgan fingerprint density at radius 2 is 2.15 bits per heavy atom. The van der Waals surface area contributed by atoms with Crippen molar-refractivity contribution in [3.05, 3.63) is 0 Å². The molecule has 1 aliphatic heterocycles. The number of aliphatic hydroxyl groups is 1. The topological polar surface area (TPSA) is 55.8 Å². The third-order valence-electron chi connectivity index (χ3n) is 4.30. The minimum Gasteiger partial charge on any atom is -0.396 e. The van der Waals surface area contributed by atoms with Crippen molar-refractivity contribution in [2.75, 3.05) is 40.3 Å². The first-order valence-corrected chi connectivity index (χ1v) is 7.57. The Morgan fingerprint density at radius 1 is 1.50 bits per heavy atom. The van der Waals surface area contributed by atoms with Crippen LogP contribution in [-0.2, 0) is 0 Å². The lowest BCUT2D eigenvalue weighted by Gasteiger charge is -2.38. The molecule has 0 radical (unpaired) electrons. The van der Waals surface area contributed by atoms with Gasteiger partial charge in [0.05, 0.1) is 0 Å². The zero-order valence-electron chi connectivity index (χ0n) is 13.6. The average Bonchev–Trinajstić information content (AvgIpc) is 2.37. The van der Waals surface area contributed by atoms with Gasteiger partial charge >= 0.3 is 6.03 Å². The van der Waals surface area contributed by atoms with Crippen molar-refractivity contribution >= 4 is 6.03 Å². The van der Waals surface area contributed by atoms with E-state index in [0.717, 1.165) is 25.9 Å². The summed E-state index contributed by atoms with van der Waals surface area (Å²) in [6.07, 6.45) is 2.00. The number of nitrogens with one attached hydrogen (secondary N) is 1. The molecule has 118 valence electrons. The molecule has 0 aromatic rings. The number of carbonyl (C=O) groups excluding carboxylic acids is 1. The molecule has 1 fully saturated rings. The molecule has 0 unspecified atom stereocenters. The van der Waals surface area contributed by atoms with Crippen molar-refractivity contribution in [3.8, 4) is 0 Å². The van der Waals surface area contributed by atoms with Crippen molar-refractivity contribution in [1.29, 1.82) is 0 Å². The number of carbonyl (C=O) groups is 1. The van der Waals surface area contributed by atoms with Crippen LogP contribution in [-0.4, -0.2) is 67.3 Å². The van der Waals surface area contributed by atoms with Crippen LogP contribution >= 0.6 is 0 Å². The maximum Gasteiger partial charge on any atom is 0.317 e. The van der Waals surface area contributed by atoms with Crippen LogP contribution in [0.3, 0.4) is 0 Å². The SMILES string of the molecule is C[C@@H](NC(=O)N1CCC[C@H](CO)C1)C(C)(C)CN(C)C. The number of urea groups is 1. The number of nitrogens with zero attached hydrogens (tertiary/aromatic N) is 2. The molecule has 2 amide bonds. The third-order valence-corrected chi connectivity index (χ3v) is 4.30. The molecule has 2 atom stereocenters. The summed E-state index contributed by atoms with van der Waals surface area (Å²) in [5.74, 6) is 0.236. The number of amides is 2. The van der Waals surface area contributed by atoms with Crippen LogP contribution in [0.4, 0.5) is 4.79 Å². The smallest absolute Gasteiger partial charge is 0.317 e. The zero-order valence-corrected chi connectivity index (χ0v) is 13.6. The normalized spacial score (nSPS) is 21.9. The summed E-state index contributed by atoms with van der Waals surface area (Å²) in [4.78, 5) is 16.3. The average molecular weight is 285 g/mol. The summed E-state index contributed by atoms with van der Waals surface area (Å²) in [6.45, 7) is 8.97. The zero-order chi connectivity index (χ0) is 15.3. The van der Waals surface area contributed by atoms with Gasteiger partial charge in [0.1, 0.15) is 0 Å². The predicted octanol–water partition coefficient (Wildman–Crippen LogP) is 1.38. The molecule has 5 nitrogen and oxygen atoms in total. The second kappa shape index (κ2) is 7.27.